The fraction of sp³-hybridized carbons (Fsp3) is 0.647. The highest BCUT2D eigenvalue weighted by Crippen LogP contribution is 2.28. The summed E-state index contributed by atoms with van der Waals surface area (Å²) in [6.07, 6.45) is 1.25. The van der Waals surface area contributed by atoms with Gasteiger partial charge in [0.05, 0.1) is 13.2 Å². The predicted octanol–water partition coefficient (Wildman–Crippen LogP) is 1.40. The molecule has 2 atom stereocenters. The van der Waals surface area contributed by atoms with Crippen LogP contribution in [-0.2, 0) is 4.74 Å². The van der Waals surface area contributed by atoms with Crippen molar-refractivity contribution in [2.24, 2.45) is 5.73 Å². The van der Waals surface area contributed by atoms with E-state index in [0.717, 1.165) is 39.4 Å². The molecular weight excluding hydrogens is 262 g/mol. The molecule has 2 saturated heterocycles. The first kappa shape index (κ1) is 15.0. The van der Waals surface area contributed by atoms with Gasteiger partial charge in [0, 0.05) is 44.8 Å². The van der Waals surface area contributed by atoms with Crippen LogP contribution in [0.1, 0.15) is 23.6 Å². The number of hydrogen-bond donors (Lipinski definition) is 1. The van der Waals surface area contributed by atoms with Gasteiger partial charge >= 0.3 is 0 Å². The second kappa shape index (κ2) is 6.88. The van der Waals surface area contributed by atoms with Crippen molar-refractivity contribution in [2.45, 2.75) is 25.4 Å². The van der Waals surface area contributed by atoms with Gasteiger partial charge in [-0.2, -0.15) is 0 Å². The summed E-state index contributed by atoms with van der Waals surface area (Å²) in [5.74, 6) is 0. The summed E-state index contributed by atoms with van der Waals surface area (Å²) in [4.78, 5) is 5.16. The number of morpholine rings is 1. The molecule has 0 aliphatic carbocycles. The van der Waals surface area contributed by atoms with Crippen LogP contribution < -0.4 is 5.73 Å². The molecule has 2 heterocycles. The van der Waals surface area contributed by atoms with Crippen molar-refractivity contribution in [1.29, 1.82) is 0 Å². The van der Waals surface area contributed by atoms with E-state index in [0.29, 0.717) is 18.6 Å². The minimum Gasteiger partial charge on any atom is -0.379 e. The van der Waals surface area contributed by atoms with Crippen LogP contribution in [0.3, 0.4) is 0 Å². The molecular formula is C17H27N3O. The highest BCUT2D eigenvalue weighted by molar-refractivity contribution is 5.29. The average molecular weight is 289 g/mol. The van der Waals surface area contributed by atoms with Crippen LogP contribution in [0.5, 0.6) is 0 Å². The zero-order valence-electron chi connectivity index (χ0n) is 13.0. The number of hydrogen-bond acceptors (Lipinski definition) is 4. The molecule has 116 valence electrons. The topological polar surface area (TPSA) is 41.7 Å². The third kappa shape index (κ3) is 3.29. The van der Waals surface area contributed by atoms with Crippen LogP contribution in [-0.4, -0.2) is 61.8 Å². The van der Waals surface area contributed by atoms with Crippen LogP contribution in [0.25, 0.3) is 0 Å². The van der Waals surface area contributed by atoms with Crippen molar-refractivity contribution in [3.63, 3.8) is 0 Å². The lowest BCUT2D eigenvalue weighted by Crippen LogP contribution is -2.45. The van der Waals surface area contributed by atoms with E-state index >= 15 is 0 Å². The van der Waals surface area contributed by atoms with E-state index in [1.807, 2.05) is 0 Å². The smallest absolute Gasteiger partial charge is 0.0594 e. The van der Waals surface area contributed by atoms with E-state index in [2.05, 4.69) is 41.0 Å². The standard InChI is InChI=1S/C17H27N3O/c1-14-4-2-3-5-16(14)17(12-18)20-7-6-15(13-20)19-8-10-21-11-9-19/h2-5,15,17H,6-13,18H2,1H3. The van der Waals surface area contributed by atoms with Crippen LogP contribution in [0.2, 0.25) is 0 Å². The summed E-state index contributed by atoms with van der Waals surface area (Å²) in [7, 11) is 0. The van der Waals surface area contributed by atoms with Gasteiger partial charge in [0.2, 0.25) is 0 Å². The molecule has 0 saturated carbocycles. The first-order valence-electron chi connectivity index (χ1n) is 8.11. The van der Waals surface area contributed by atoms with Crippen LogP contribution in [0, 0.1) is 6.92 Å². The Bertz CT molecular complexity index is 459. The molecule has 0 aromatic heterocycles. The maximum absolute atomic E-state index is 6.10. The van der Waals surface area contributed by atoms with Crippen molar-refractivity contribution >= 4 is 0 Å². The van der Waals surface area contributed by atoms with E-state index in [9.17, 15) is 0 Å². The summed E-state index contributed by atoms with van der Waals surface area (Å²) < 4.78 is 5.46. The maximum Gasteiger partial charge on any atom is 0.0594 e. The van der Waals surface area contributed by atoms with E-state index in [1.165, 1.54) is 17.5 Å². The molecule has 2 fully saturated rings. The number of rotatable bonds is 4. The van der Waals surface area contributed by atoms with E-state index in [1.54, 1.807) is 0 Å². The molecule has 0 bridgehead atoms. The summed E-state index contributed by atoms with van der Waals surface area (Å²) in [6, 6.07) is 9.68. The first-order valence-corrected chi connectivity index (χ1v) is 8.11. The normalized spacial score (nSPS) is 26.1. The first-order chi connectivity index (χ1) is 10.3. The molecule has 4 nitrogen and oxygen atoms in total. The molecule has 2 aliphatic heterocycles. The van der Waals surface area contributed by atoms with E-state index < -0.39 is 0 Å². The second-order valence-corrected chi connectivity index (χ2v) is 6.19. The van der Waals surface area contributed by atoms with Crippen LogP contribution in [0.4, 0.5) is 0 Å². The lowest BCUT2D eigenvalue weighted by Gasteiger charge is -2.33. The molecule has 3 rings (SSSR count). The number of nitrogens with two attached hydrogens (primary N) is 1. The minimum absolute atomic E-state index is 0.359. The van der Waals surface area contributed by atoms with Crippen molar-refractivity contribution in [1.82, 2.24) is 9.80 Å². The Hall–Kier alpha value is -0.940. The van der Waals surface area contributed by atoms with Crippen molar-refractivity contribution in [3.05, 3.63) is 35.4 Å². The Morgan fingerprint density at radius 3 is 2.71 bits per heavy atom. The third-order valence-corrected chi connectivity index (χ3v) is 4.97. The summed E-state index contributed by atoms with van der Waals surface area (Å²) in [5.41, 5.74) is 8.84. The lowest BCUT2D eigenvalue weighted by atomic mass is 10.0. The summed E-state index contributed by atoms with van der Waals surface area (Å²) in [5, 5.41) is 0. The zero-order chi connectivity index (χ0) is 14.7. The molecule has 0 radical (unpaired) electrons. The Morgan fingerprint density at radius 1 is 1.24 bits per heavy atom. The highest BCUT2D eigenvalue weighted by Gasteiger charge is 2.32. The lowest BCUT2D eigenvalue weighted by molar-refractivity contribution is 0.0176. The largest absolute Gasteiger partial charge is 0.379 e. The van der Waals surface area contributed by atoms with Gasteiger partial charge in [-0.15, -0.1) is 0 Å². The van der Waals surface area contributed by atoms with E-state index in [-0.39, 0.29) is 0 Å². The molecule has 2 aliphatic rings. The molecule has 4 heteroatoms. The van der Waals surface area contributed by atoms with Gasteiger partial charge in [-0.25, -0.2) is 0 Å². The van der Waals surface area contributed by atoms with Crippen LogP contribution >= 0.6 is 0 Å². The van der Waals surface area contributed by atoms with Crippen molar-refractivity contribution in [3.8, 4) is 0 Å². The van der Waals surface area contributed by atoms with Gasteiger partial charge in [0.15, 0.2) is 0 Å². The minimum atomic E-state index is 0.359. The maximum atomic E-state index is 6.10. The van der Waals surface area contributed by atoms with Gasteiger partial charge in [-0.05, 0) is 24.5 Å². The Kier molecular flexibility index (Phi) is 4.91. The van der Waals surface area contributed by atoms with Gasteiger partial charge in [0.1, 0.15) is 0 Å². The Labute approximate surface area is 127 Å². The molecule has 1 aromatic carbocycles. The van der Waals surface area contributed by atoms with Gasteiger partial charge < -0.3 is 10.5 Å². The monoisotopic (exact) mass is 289 g/mol. The number of nitrogens with zero attached hydrogens (tertiary/aromatic N) is 2. The third-order valence-electron chi connectivity index (χ3n) is 4.97. The average Bonchev–Trinajstić information content (AvgIpc) is 3.00. The van der Waals surface area contributed by atoms with Crippen molar-refractivity contribution < 1.29 is 4.74 Å². The molecule has 0 spiro atoms. The van der Waals surface area contributed by atoms with Gasteiger partial charge in [0.25, 0.3) is 0 Å². The molecule has 21 heavy (non-hydrogen) atoms. The Morgan fingerprint density at radius 2 is 2.00 bits per heavy atom. The molecule has 2 unspecified atom stereocenters. The van der Waals surface area contributed by atoms with Gasteiger partial charge in [-0.1, -0.05) is 24.3 Å². The number of benzene rings is 1. The van der Waals surface area contributed by atoms with Crippen molar-refractivity contribution in [2.75, 3.05) is 45.9 Å². The SMILES string of the molecule is Cc1ccccc1C(CN)N1CCC(N2CCOCC2)C1. The number of ether oxygens (including phenoxy) is 1. The fourth-order valence-electron chi connectivity index (χ4n) is 3.73. The number of aryl methyl sites for hydroxylation is 1. The summed E-state index contributed by atoms with van der Waals surface area (Å²) >= 11 is 0. The number of likely N-dealkylation sites (tertiary alicyclic amines) is 1. The van der Waals surface area contributed by atoms with E-state index in [4.69, 9.17) is 10.5 Å². The second-order valence-electron chi connectivity index (χ2n) is 6.19. The fourth-order valence-corrected chi connectivity index (χ4v) is 3.73. The van der Waals surface area contributed by atoms with Gasteiger partial charge in [-0.3, -0.25) is 9.80 Å². The molecule has 2 N–H and O–H groups in total. The van der Waals surface area contributed by atoms with Crippen LogP contribution in [0.15, 0.2) is 24.3 Å². The Balaban J connectivity index is 1.67. The highest BCUT2D eigenvalue weighted by atomic mass is 16.5. The summed E-state index contributed by atoms with van der Waals surface area (Å²) in [6.45, 7) is 9.10. The molecule has 0 amide bonds. The molecule has 1 aromatic rings. The predicted molar refractivity (Wildman–Crippen MR) is 85.3 cm³/mol. The quantitative estimate of drug-likeness (QED) is 0.910. The zero-order valence-corrected chi connectivity index (χ0v) is 13.0.